The van der Waals surface area contributed by atoms with E-state index in [1.807, 2.05) is 4.90 Å². The van der Waals surface area contributed by atoms with E-state index in [9.17, 15) is 14.4 Å². The lowest BCUT2D eigenvalue weighted by Crippen LogP contribution is -2.37. The van der Waals surface area contributed by atoms with Gasteiger partial charge in [0.2, 0.25) is 5.91 Å². The minimum Gasteiger partial charge on any atom is -0.335 e. The van der Waals surface area contributed by atoms with Crippen LogP contribution in [0.3, 0.4) is 0 Å². The third kappa shape index (κ3) is 4.06. The quantitative estimate of drug-likeness (QED) is 0.583. The second-order valence-electron chi connectivity index (χ2n) is 8.72. The summed E-state index contributed by atoms with van der Waals surface area (Å²) < 4.78 is 4.10. The van der Waals surface area contributed by atoms with Crippen LogP contribution in [0.4, 0.5) is 0 Å². The minimum atomic E-state index is -0.415. The van der Waals surface area contributed by atoms with Gasteiger partial charge in [-0.05, 0) is 29.9 Å². The zero-order chi connectivity index (χ0) is 22.3. The van der Waals surface area contributed by atoms with Gasteiger partial charge in [-0.2, -0.15) is 0 Å². The molecule has 8 heteroatoms. The molecule has 1 amide bonds. The molecule has 0 unspecified atom stereocenters. The van der Waals surface area contributed by atoms with E-state index in [4.69, 9.17) is 0 Å². The largest absolute Gasteiger partial charge is 0.335 e. The highest BCUT2D eigenvalue weighted by atomic mass is 16.2. The van der Waals surface area contributed by atoms with Gasteiger partial charge in [-0.15, -0.1) is 0 Å². The van der Waals surface area contributed by atoms with Crippen molar-refractivity contribution < 1.29 is 4.79 Å². The van der Waals surface area contributed by atoms with Crippen molar-refractivity contribution in [1.29, 1.82) is 0 Å². The fraction of sp³-hybridized carbons (Fsp3) is 0.478. The van der Waals surface area contributed by atoms with Gasteiger partial charge in [0.1, 0.15) is 0 Å². The van der Waals surface area contributed by atoms with Crippen LogP contribution < -0.4 is 11.2 Å². The molecule has 1 aromatic carbocycles. The van der Waals surface area contributed by atoms with Crippen LogP contribution in [0.5, 0.6) is 0 Å². The lowest BCUT2D eigenvalue weighted by atomic mass is 10.0. The van der Waals surface area contributed by atoms with E-state index < -0.39 is 11.2 Å². The van der Waals surface area contributed by atoms with Gasteiger partial charge < -0.3 is 9.47 Å². The Morgan fingerprint density at radius 1 is 1.13 bits per heavy atom. The maximum atomic E-state index is 13.1. The van der Waals surface area contributed by atoms with Gasteiger partial charge in [0.15, 0.2) is 11.2 Å². The maximum Gasteiger partial charge on any atom is 0.332 e. The van der Waals surface area contributed by atoms with Crippen molar-refractivity contribution in [3.8, 4) is 0 Å². The lowest BCUT2D eigenvalue weighted by Gasteiger charge is -2.23. The molecule has 1 fully saturated rings. The number of carbonyl (C=O) groups excluding carboxylic acids is 1. The molecule has 0 spiro atoms. The fourth-order valence-electron chi connectivity index (χ4n) is 3.94. The van der Waals surface area contributed by atoms with Crippen molar-refractivity contribution in [2.75, 3.05) is 0 Å². The molecule has 0 aliphatic heterocycles. The molecular weight excluding hydrogens is 394 g/mol. The topological polar surface area (TPSA) is 82.1 Å². The first-order valence-corrected chi connectivity index (χ1v) is 10.8. The van der Waals surface area contributed by atoms with Crippen LogP contribution in [0.1, 0.15) is 50.2 Å². The highest BCUT2D eigenvalue weighted by Crippen LogP contribution is 2.29. The van der Waals surface area contributed by atoms with E-state index in [0.29, 0.717) is 36.2 Å². The first-order valence-electron chi connectivity index (χ1n) is 10.8. The zero-order valence-electron chi connectivity index (χ0n) is 18.5. The number of hydrogen-bond donors (Lipinski definition) is 0. The molecule has 2 heterocycles. The number of nitrogens with zero attached hydrogens (tertiary/aromatic N) is 5. The van der Waals surface area contributed by atoms with Crippen LogP contribution in [0, 0.1) is 0 Å². The van der Waals surface area contributed by atoms with Gasteiger partial charge in [0.25, 0.3) is 5.56 Å². The standard InChI is InChI=1S/C23H29N5O3/c1-15(2)17-7-5-16(6-8-17)13-28(18-9-10-18)19(29)11-12-27-14-24-21-20(27)22(30)26(4)23(31)25(21)3/h5-8,14-15,18H,9-13H2,1-4H3. The monoisotopic (exact) mass is 423 g/mol. The third-order valence-corrected chi connectivity index (χ3v) is 6.09. The number of fused-ring (bicyclic) bond motifs is 1. The second kappa shape index (κ2) is 8.17. The predicted octanol–water partition coefficient (Wildman–Crippen LogP) is 2.14. The van der Waals surface area contributed by atoms with Gasteiger partial charge in [-0.3, -0.25) is 18.7 Å². The van der Waals surface area contributed by atoms with E-state index in [0.717, 1.165) is 23.0 Å². The van der Waals surface area contributed by atoms with Crippen LogP contribution >= 0.6 is 0 Å². The Morgan fingerprint density at radius 2 is 1.81 bits per heavy atom. The van der Waals surface area contributed by atoms with Crippen LogP contribution in [-0.2, 0) is 32.0 Å². The number of imidazole rings is 1. The summed E-state index contributed by atoms with van der Waals surface area (Å²) in [4.78, 5) is 43.9. The van der Waals surface area contributed by atoms with Crippen molar-refractivity contribution in [3.05, 3.63) is 62.6 Å². The van der Waals surface area contributed by atoms with E-state index in [1.54, 1.807) is 11.6 Å². The van der Waals surface area contributed by atoms with Crippen LogP contribution in [0.25, 0.3) is 11.2 Å². The van der Waals surface area contributed by atoms with Gasteiger partial charge in [-0.1, -0.05) is 38.1 Å². The summed E-state index contributed by atoms with van der Waals surface area (Å²) in [5.41, 5.74) is 2.29. The summed E-state index contributed by atoms with van der Waals surface area (Å²) in [5, 5.41) is 0. The first kappa shape index (κ1) is 21.1. The molecule has 1 aliphatic carbocycles. The summed E-state index contributed by atoms with van der Waals surface area (Å²) in [6.45, 7) is 5.28. The average molecular weight is 424 g/mol. The molecule has 0 saturated heterocycles. The minimum absolute atomic E-state index is 0.0685. The Hall–Kier alpha value is -3.16. The van der Waals surface area contributed by atoms with Crippen molar-refractivity contribution >= 4 is 17.1 Å². The van der Waals surface area contributed by atoms with E-state index in [-0.39, 0.29) is 12.3 Å². The van der Waals surface area contributed by atoms with Crippen LogP contribution in [-0.4, -0.2) is 35.5 Å². The average Bonchev–Trinajstić information content (AvgIpc) is 3.51. The van der Waals surface area contributed by atoms with Gasteiger partial charge >= 0.3 is 5.69 Å². The molecule has 0 bridgehead atoms. The smallest absolute Gasteiger partial charge is 0.332 e. The van der Waals surface area contributed by atoms with E-state index in [2.05, 4.69) is 43.1 Å². The fourth-order valence-corrected chi connectivity index (χ4v) is 3.94. The number of aromatic nitrogens is 4. The first-order chi connectivity index (χ1) is 14.8. The predicted molar refractivity (Wildman–Crippen MR) is 119 cm³/mol. The Balaban J connectivity index is 1.50. The molecule has 0 atom stereocenters. The number of amides is 1. The molecule has 0 N–H and O–H groups in total. The number of benzene rings is 1. The van der Waals surface area contributed by atoms with Gasteiger partial charge in [-0.25, -0.2) is 9.78 Å². The molecule has 164 valence electrons. The second-order valence-corrected chi connectivity index (χ2v) is 8.72. The van der Waals surface area contributed by atoms with Gasteiger partial charge in [0, 0.05) is 39.6 Å². The summed E-state index contributed by atoms with van der Waals surface area (Å²) >= 11 is 0. The van der Waals surface area contributed by atoms with Crippen molar-refractivity contribution in [2.24, 2.45) is 14.1 Å². The maximum absolute atomic E-state index is 13.1. The Morgan fingerprint density at radius 3 is 2.42 bits per heavy atom. The highest BCUT2D eigenvalue weighted by molar-refractivity contribution is 5.77. The lowest BCUT2D eigenvalue weighted by molar-refractivity contribution is -0.132. The van der Waals surface area contributed by atoms with E-state index in [1.165, 1.54) is 23.5 Å². The Bertz CT molecular complexity index is 1230. The zero-order valence-corrected chi connectivity index (χ0v) is 18.5. The number of aryl methyl sites for hydroxylation is 2. The number of hydrogen-bond acceptors (Lipinski definition) is 4. The molecule has 1 saturated carbocycles. The molecule has 0 radical (unpaired) electrons. The summed E-state index contributed by atoms with van der Waals surface area (Å²) in [6.07, 6.45) is 3.88. The summed E-state index contributed by atoms with van der Waals surface area (Å²) in [5.74, 6) is 0.548. The molecule has 8 nitrogen and oxygen atoms in total. The SMILES string of the molecule is CC(C)c1ccc(CN(C(=O)CCn2cnc3c2c(=O)n(C)c(=O)n3C)C2CC2)cc1. The highest BCUT2D eigenvalue weighted by Gasteiger charge is 2.32. The van der Waals surface area contributed by atoms with Crippen molar-refractivity contribution in [2.45, 2.75) is 58.2 Å². The van der Waals surface area contributed by atoms with Crippen LogP contribution in [0.15, 0.2) is 40.2 Å². The Kier molecular flexibility index (Phi) is 5.56. The number of carbonyl (C=O) groups is 1. The third-order valence-electron chi connectivity index (χ3n) is 6.09. The van der Waals surface area contributed by atoms with Crippen molar-refractivity contribution in [3.63, 3.8) is 0 Å². The normalized spacial score (nSPS) is 13.8. The summed E-state index contributed by atoms with van der Waals surface area (Å²) in [6, 6.07) is 8.77. The molecular formula is C23H29N5O3. The molecule has 2 aromatic heterocycles. The van der Waals surface area contributed by atoms with Gasteiger partial charge in [0.05, 0.1) is 6.33 Å². The summed E-state index contributed by atoms with van der Waals surface area (Å²) in [7, 11) is 3.04. The van der Waals surface area contributed by atoms with E-state index >= 15 is 0 Å². The van der Waals surface area contributed by atoms with Crippen LogP contribution in [0.2, 0.25) is 0 Å². The number of rotatable bonds is 7. The molecule has 3 aromatic rings. The molecule has 1 aliphatic rings. The molecule has 4 rings (SSSR count). The molecule has 31 heavy (non-hydrogen) atoms. The Labute approximate surface area is 180 Å². The van der Waals surface area contributed by atoms with Crippen molar-refractivity contribution in [1.82, 2.24) is 23.6 Å².